The van der Waals surface area contributed by atoms with Crippen LogP contribution in [0.1, 0.15) is 16.5 Å². The van der Waals surface area contributed by atoms with Crippen molar-refractivity contribution in [3.8, 4) is 0 Å². The highest BCUT2D eigenvalue weighted by atomic mass is 32.1. The molecule has 1 aromatic rings. The van der Waals surface area contributed by atoms with E-state index in [1.54, 1.807) is 11.3 Å². The number of hydrogen-bond donors (Lipinski definition) is 2. The minimum Gasteiger partial charge on any atom is -0.480 e. The van der Waals surface area contributed by atoms with Crippen LogP contribution in [0.5, 0.6) is 0 Å². The normalized spacial score (nSPS) is 21.3. The number of aliphatic carboxylic acids is 1. The zero-order valence-corrected chi connectivity index (χ0v) is 9.04. The highest BCUT2D eigenvalue weighted by Gasteiger charge is 2.32. The fourth-order valence-electron chi connectivity index (χ4n) is 2.03. The molecule has 0 saturated carbocycles. The molecule has 2 heterocycles. The minimum atomic E-state index is -0.831. The predicted molar refractivity (Wildman–Crippen MR) is 57.1 cm³/mol. The Balaban J connectivity index is 2.30. The molecule has 1 unspecified atom stereocenters. The molecule has 2 rings (SSSR count). The lowest BCUT2D eigenvalue weighted by Crippen LogP contribution is -2.40. The number of carbonyl (C=O) groups is 1. The molecule has 0 saturated heterocycles. The van der Waals surface area contributed by atoms with E-state index in [0.717, 1.165) is 16.9 Å². The molecule has 0 bridgehead atoms. The third kappa shape index (κ3) is 1.90. The van der Waals surface area contributed by atoms with Crippen LogP contribution in [-0.2, 0) is 11.2 Å². The summed E-state index contributed by atoms with van der Waals surface area (Å²) in [4.78, 5) is 14.2. The third-order valence-corrected chi connectivity index (χ3v) is 3.68. The Morgan fingerprint density at radius 3 is 3.13 bits per heavy atom. The number of nitrogens with zero attached hydrogens (tertiary/aromatic N) is 1. The van der Waals surface area contributed by atoms with Crippen molar-refractivity contribution in [3.05, 3.63) is 21.9 Å². The van der Waals surface area contributed by atoms with Gasteiger partial charge in [-0.1, -0.05) is 0 Å². The minimum absolute atomic E-state index is 0.00322. The molecule has 0 aliphatic carbocycles. The second kappa shape index (κ2) is 4.30. The van der Waals surface area contributed by atoms with Gasteiger partial charge in [-0.2, -0.15) is 0 Å². The van der Waals surface area contributed by atoms with E-state index in [2.05, 4.69) is 0 Å². The van der Waals surface area contributed by atoms with Gasteiger partial charge in [0.1, 0.15) is 6.04 Å². The first kappa shape index (κ1) is 10.6. The van der Waals surface area contributed by atoms with Crippen LogP contribution in [0.25, 0.3) is 0 Å². The number of rotatable bonds is 3. The van der Waals surface area contributed by atoms with Crippen LogP contribution in [-0.4, -0.2) is 40.8 Å². The number of thiophene rings is 1. The molecule has 2 N–H and O–H groups in total. The van der Waals surface area contributed by atoms with Gasteiger partial charge in [-0.25, -0.2) is 0 Å². The second-order valence-electron chi connectivity index (χ2n) is 3.55. The van der Waals surface area contributed by atoms with Crippen molar-refractivity contribution >= 4 is 17.3 Å². The van der Waals surface area contributed by atoms with E-state index in [0.29, 0.717) is 13.1 Å². The maximum Gasteiger partial charge on any atom is 0.325 e. The van der Waals surface area contributed by atoms with Gasteiger partial charge >= 0.3 is 5.97 Å². The number of carboxylic acid groups (broad SMARTS) is 1. The topological polar surface area (TPSA) is 60.8 Å². The highest BCUT2D eigenvalue weighted by Crippen LogP contribution is 2.32. The maximum absolute atomic E-state index is 11.2. The SMILES string of the molecule is O=C(O)C1c2ccsc2CCN1CCO. The number of aliphatic hydroxyl groups excluding tert-OH is 1. The lowest BCUT2D eigenvalue weighted by atomic mass is 10.0. The number of fused-ring (bicyclic) bond motifs is 1. The molecule has 1 aromatic heterocycles. The summed E-state index contributed by atoms with van der Waals surface area (Å²) in [5, 5.41) is 20.0. The van der Waals surface area contributed by atoms with Crippen molar-refractivity contribution in [2.75, 3.05) is 19.7 Å². The van der Waals surface area contributed by atoms with Gasteiger partial charge in [-0.15, -0.1) is 11.3 Å². The molecule has 4 nitrogen and oxygen atoms in total. The van der Waals surface area contributed by atoms with Crippen molar-refractivity contribution in [3.63, 3.8) is 0 Å². The molecular formula is C10H13NO3S. The first-order valence-corrected chi connectivity index (χ1v) is 5.76. The average Bonchev–Trinajstić information content (AvgIpc) is 2.64. The van der Waals surface area contributed by atoms with E-state index in [-0.39, 0.29) is 6.61 Å². The van der Waals surface area contributed by atoms with Crippen LogP contribution in [0.4, 0.5) is 0 Å². The van der Waals surface area contributed by atoms with E-state index in [4.69, 9.17) is 5.11 Å². The first-order valence-electron chi connectivity index (χ1n) is 4.88. The van der Waals surface area contributed by atoms with Crippen molar-refractivity contribution < 1.29 is 15.0 Å². The molecule has 1 atom stereocenters. The van der Waals surface area contributed by atoms with Gasteiger partial charge in [0.2, 0.25) is 0 Å². The molecule has 1 aliphatic heterocycles. The lowest BCUT2D eigenvalue weighted by Gasteiger charge is -2.32. The molecular weight excluding hydrogens is 214 g/mol. The summed E-state index contributed by atoms with van der Waals surface area (Å²) < 4.78 is 0. The van der Waals surface area contributed by atoms with Crippen LogP contribution >= 0.6 is 11.3 Å². The van der Waals surface area contributed by atoms with Gasteiger partial charge in [0.15, 0.2) is 0 Å². The van der Waals surface area contributed by atoms with Gasteiger partial charge in [0.05, 0.1) is 6.61 Å². The molecule has 0 aromatic carbocycles. The van der Waals surface area contributed by atoms with Gasteiger partial charge in [-0.05, 0) is 23.4 Å². The molecule has 0 radical (unpaired) electrons. The van der Waals surface area contributed by atoms with Crippen molar-refractivity contribution in [2.45, 2.75) is 12.5 Å². The molecule has 0 amide bonds. The zero-order chi connectivity index (χ0) is 10.8. The van der Waals surface area contributed by atoms with Crippen LogP contribution in [0.2, 0.25) is 0 Å². The molecule has 82 valence electrons. The monoisotopic (exact) mass is 227 g/mol. The molecule has 1 aliphatic rings. The Morgan fingerprint density at radius 2 is 2.47 bits per heavy atom. The molecule has 15 heavy (non-hydrogen) atoms. The predicted octanol–water partition coefficient (Wildman–Crippen LogP) is 0.724. The van der Waals surface area contributed by atoms with Crippen molar-refractivity contribution in [1.82, 2.24) is 4.90 Å². The summed E-state index contributed by atoms with van der Waals surface area (Å²) in [5.41, 5.74) is 0.896. The summed E-state index contributed by atoms with van der Waals surface area (Å²) in [5.74, 6) is -0.831. The highest BCUT2D eigenvalue weighted by molar-refractivity contribution is 7.10. The fraction of sp³-hybridized carbons (Fsp3) is 0.500. The van der Waals surface area contributed by atoms with Crippen LogP contribution in [0.15, 0.2) is 11.4 Å². The largest absolute Gasteiger partial charge is 0.480 e. The Labute approximate surface area is 91.8 Å². The first-order chi connectivity index (χ1) is 7.24. The summed E-state index contributed by atoms with van der Waals surface area (Å²) in [6, 6.07) is 1.30. The maximum atomic E-state index is 11.2. The van der Waals surface area contributed by atoms with E-state index >= 15 is 0 Å². The number of β-amino-alcohol motifs (C(OH)–C–C–N with tert-alkyl or cyclic N) is 1. The molecule has 5 heteroatoms. The van der Waals surface area contributed by atoms with E-state index in [1.165, 1.54) is 0 Å². The van der Waals surface area contributed by atoms with Crippen molar-refractivity contribution in [2.24, 2.45) is 0 Å². The third-order valence-electron chi connectivity index (χ3n) is 2.69. The van der Waals surface area contributed by atoms with E-state index in [1.807, 2.05) is 16.3 Å². The molecule has 0 spiro atoms. The van der Waals surface area contributed by atoms with Gasteiger partial charge in [0.25, 0.3) is 0 Å². The van der Waals surface area contributed by atoms with E-state index in [9.17, 15) is 9.90 Å². The fourth-order valence-corrected chi connectivity index (χ4v) is 2.93. The van der Waals surface area contributed by atoms with Gasteiger partial charge in [-0.3, -0.25) is 9.69 Å². The summed E-state index contributed by atoms with van der Waals surface area (Å²) >= 11 is 1.61. The van der Waals surface area contributed by atoms with Gasteiger partial charge in [0, 0.05) is 18.0 Å². The van der Waals surface area contributed by atoms with Crippen LogP contribution in [0, 0.1) is 0 Å². The molecule has 0 fully saturated rings. The van der Waals surface area contributed by atoms with Crippen LogP contribution in [0.3, 0.4) is 0 Å². The Bertz CT molecular complexity index is 363. The smallest absolute Gasteiger partial charge is 0.325 e. The summed E-state index contributed by atoms with van der Waals surface area (Å²) in [6.45, 7) is 1.14. The number of hydrogen-bond acceptors (Lipinski definition) is 4. The average molecular weight is 227 g/mol. The van der Waals surface area contributed by atoms with Crippen LogP contribution < -0.4 is 0 Å². The standard InChI is InChI=1S/C10H13NO3S/c12-5-4-11-3-1-8-7(2-6-15-8)9(11)10(13)14/h2,6,9,12H,1,3-5H2,(H,13,14). The zero-order valence-electron chi connectivity index (χ0n) is 8.22. The second-order valence-corrected chi connectivity index (χ2v) is 4.55. The Morgan fingerprint density at radius 1 is 1.67 bits per heavy atom. The number of carboxylic acids is 1. The number of aliphatic hydroxyl groups is 1. The Hall–Kier alpha value is -0.910. The quantitative estimate of drug-likeness (QED) is 0.799. The van der Waals surface area contributed by atoms with Gasteiger partial charge < -0.3 is 10.2 Å². The lowest BCUT2D eigenvalue weighted by molar-refractivity contribution is -0.144. The Kier molecular flexibility index (Phi) is 3.04. The summed E-state index contributed by atoms with van der Waals surface area (Å²) in [6.07, 6.45) is 0.886. The summed E-state index contributed by atoms with van der Waals surface area (Å²) in [7, 11) is 0. The van der Waals surface area contributed by atoms with E-state index < -0.39 is 12.0 Å². The van der Waals surface area contributed by atoms with Crippen molar-refractivity contribution in [1.29, 1.82) is 0 Å².